The van der Waals surface area contributed by atoms with Crippen LogP contribution in [0.5, 0.6) is 0 Å². The van der Waals surface area contributed by atoms with Crippen LogP contribution in [0.2, 0.25) is 0 Å². The summed E-state index contributed by atoms with van der Waals surface area (Å²) in [5.74, 6) is 2.39. The van der Waals surface area contributed by atoms with Gasteiger partial charge in [0.05, 0.1) is 11.9 Å². The Balaban J connectivity index is 2.48. The molecule has 0 aliphatic carbocycles. The molecule has 0 atom stereocenters. The predicted octanol–water partition coefficient (Wildman–Crippen LogP) is 0.911. The first-order valence-corrected chi connectivity index (χ1v) is 5.19. The van der Waals surface area contributed by atoms with Crippen molar-refractivity contribution in [1.82, 2.24) is 24.5 Å². The average molecular weight is 207 g/mol. The van der Waals surface area contributed by atoms with Crippen LogP contribution in [-0.4, -0.2) is 26.2 Å². The van der Waals surface area contributed by atoms with Crippen molar-refractivity contribution in [3.63, 3.8) is 0 Å². The number of hydrogen-bond donors (Lipinski definition) is 1. The number of fused-ring (bicyclic) bond motifs is 1. The molecular formula is C10H17N5. The maximum absolute atomic E-state index is 4.51. The Hall–Kier alpha value is -1.36. The maximum Gasteiger partial charge on any atom is 0.232 e. The Kier molecular flexibility index (Phi) is 2.48. The molecule has 2 aromatic heterocycles. The van der Waals surface area contributed by atoms with E-state index in [0.717, 1.165) is 23.8 Å². The Morgan fingerprint density at radius 2 is 2.20 bits per heavy atom. The van der Waals surface area contributed by atoms with E-state index in [1.807, 2.05) is 29.4 Å². The van der Waals surface area contributed by atoms with Gasteiger partial charge < -0.3 is 5.32 Å². The summed E-state index contributed by atoms with van der Waals surface area (Å²) in [6, 6.07) is 0. The van der Waals surface area contributed by atoms with Gasteiger partial charge in [0, 0.05) is 19.5 Å². The van der Waals surface area contributed by atoms with E-state index < -0.39 is 0 Å². The van der Waals surface area contributed by atoms with Crippen LogP contribution in [0.25, 0.3) is 5.78 Å². The minimum absolute atomic E-state index is 0.421. The van der Waals surface area contributed by atoms with Crippen LogP contribution in [0.15, 0.2) is 6.20 Å². The Morgan fingerprint density at radius 1 is 1.47 bits per heavy atom. The average Bonchev–Trinajstić information content (AvgIpc) is 2.67. The number of nitrogens with zero attached hydrogens (tertiary/aromatic N) is 4. The topological polar surface area (TPSA) is 47.1 Å². The molecule has 2 heterocycles. The molecule has 0 aliphatic heterocycles. The van der Waals surface area contributed by atoms with Gasteiger partial charge in [0.1, 0.15) is 5.82 Å². The third-order valence-corrected chi connectivity index (χ3v) is 2.45. The van der Waals surface area contributed by atoms with E-state index in [-0.39, 0.29) is 0 Å². The zero-order valence-electron chi connectivity index (χ0n) is 9.65. The molecule has 15 heavy (non-hydrogen) atoms. The largest absolute Gasteiger partial charge is 0.314 e. The van der Waals surface area contributed by atoms with E-state index >= 15 is 0 Å². The smallest absolute Gasteiger partial charge is 0.232 e. The van der Waals surface area contributed by atoms with E-state index in [0.29, 0.717) is 5.92 Å². The zero-order valence-corrected chi connectivity index (χ0v) is 9.65. The molecule has 0 saturated heterocycles. The summed E-state index contributed by atoms with van der Waals surface area (Å²) in [5, 5.41) is 7.58. The number of hydrogen-bond acceptors (Lipinski definition) is 3. The number of nitrogens with one attached hydrogen (secondary N) is 1. The number of aryl methyl sites for hydroxylation is 1. The lowest BCUT2D eigenvalue weighted by molar-refractivity contribution is 0.703. The van der Waals surface area contributed by atoms with Gasteiger partial charge in [0.25, 0.3) is 0 Å². The summed E-state index contributed by atoms with van der Waals surface area (Å²) >= 11 is 0. The van der Waals surface area contributed by atoms with Gasteiger partial charge in [-0.05, 0) is 7.05 Å². The van der Waals surface area contributed by atoms with E-state index in [1.165, 1.54) is 0 Å². The van der Waals surface area contributed by atoms with Crippen molar-refractivity contribution in [3.05, 3.63) is 17.7 Å². The molecule has 0 bridgehead atoms. The molecular weight excluding hydrogens is 190 g/mol. The van der Waals surface area contributed by atoms with Crippen LogP contribution in [0.4, 0.5) is 0 Å². The SMILES string of the molecule is CNCc1cn2nc(C(C)C)n(C)c2n1. The number of aromatic nitrogens is 4. The second-order valence-corrected chi connectivity index (χ2v) is 4.08. The summed E-state index contributed by atoms with van der Waals surface area (Å²) < 4.78 is 3.89. The second kappa shape index (κ2) is 3.66. The molecule has 0 unspecified atom stereocenters. The maximum atomic E-state index is 4.51. The van der Waals surface area contributed by atoms with Crippen molar-refractivity contribution in [2.75, 3.05) is 7.05 Å². The molecule has 2 rings (SSSR count). The highest BCUT2D eigenvalue weighted by Crippen LogP contribution is 2.14. The predicted molar refractivity (Wildman–Crippen MR) is 58.8 cm³/mol. The summed E-state index contributed by atoms with van der Waals surface area (Å²) in [6.45, 7) is 5.05. The van der Waals surface area contributed by atoms with E-state index in [4.69, 9.17) is 0 Å². The molecule has 0 fully saturated rings. The molecule has 0 spiro atoms. The number of imidazole rings is 1. The minimum atomic E-state index is 0.421. The van der Waals surface area contributed by atoms with Crippen molar-refractivity contribution >= 4 is 5.78 Å². The quantitative estimate of drug-likeness (QED) is 0.813. The standard InChI is InChI=1S/C10H17N5/c1-7(2)9-13-15-6-8(5-11-3)12-10(15)14(9)4/h6-7,11H,5H2,1-4H3. The van der Waals surface area contributed by atoms with E-state index in [2.05, 4.69) is 29.2 Å². The summed E-state index contributed by atoms with van der Waals surface area (Å²) in [5.41, 5.74) is 1.02. The normalized spacial score (nSPS) is 11.8. The van der Waals surface area contributed by atoms with Gasteiger partial charge >= 0.3 is 0 Å². The fraction of sp³-hybridized carbons (Fsp3) is 0.600. The lowest BCUT2D eigenvalue weighted by Crippen LogP contribution is -2.06. The third-order valence-electron chi connectivity index (χ3n) is 2.45. The molecule has 0 radical (unpaired) electrons. The van der Waals surface area contributed by atoms with Gasteiger partial charge in [-0.25, -0.2) is 9.50 Å². The van der Waals surface area contributed by atoms with Crippen molar-refractivity contribution in [1.29, 1.82) is 0 Å². The summed E-state index contributed by atoms with van der Waals surface area (Å²) in [4.78, 5) is 4.51. The minimum Gasteiger partial charge on any atom is -0.314 e. The van der Waals surface area contributed by atoms with Crippen molar-refractivity contribution in [2.45, 2.75) is 26.3 Å². The van der Waals surface area contributed by atoms with Crippen LogP contribution < -0.4 is 5.32 Å². The van der Waals surface area contributed by atoms with E-state index in [9.17, 15) is 0 Å². The monoisotopic (exact) mass is 207 g/mol. The van der Waals surface area contributed by atoms with Crippen LogP contribution in [0, 0.1) is 0 Å². The van der Waals surface area contributed by atoms with Crippen LogP contribution in [0.3, 0.4) is 0 Å². The highest BCUT2D eigenvalue weighted by molar-refractivity contribution is 5.32. The molecule has 1 N–H and O–H groups in total. The molecule has 2 aromatic rings. The lowest BCUT2D eigenvalue weighted by atomic mass is 10.2. The molecule has 0 saturated carbocycles. The third kappa shape index (κ3) is 1.63. The summed E-state index contributed by atoms with van der Waals surface area (Å²) in [7, 11) is 3.92. The zero-order chi connectivity index (χ0) is 11.0. The van der Waals surface area contributed by atoms with Crippen LogP contribution in [-0.2, 0) is 13.6 Å². The van der Waals surface area contributed by atoms with Gasteiger partial charge in [0.2, 0.25) is 5.78 Å². The first-order valence-electron chi connectivity index (χ1n) is 5.19. The first kappa shape index (κ1) is 10.2. The van der Waals surface area contributed by atoms with Gasteiger partial charge in [-0.1, -0.05) is 13.8 Å². The van der Waals surface area contributed by atoms with Crippen LogP contribution in [0.1, 0.15) is 31.3 Å². The fourth-order valence-electron chi connectivity index (χ4n) is 1.76. The first-order chi connectivity index (χ1) is 7.13. The molecule has 5 nitrogen and oxygen atoms in total. The highest BCUT2D eigenvalue weighted by atomic mass is 15.4. The van der Waals surface area contributed by atoms with Crippen LogP contribution >= 0.6 is 0 Å². The molecule has 82 valence electrons. The fourth-order valence-corrected chi connectivity index (χ4v) is 1.76. The van der Waals surface area contributed by atoms with Crippen molar-refractivity contribution < 1.29 is 0 Å². The molecule has 0 aliphatic rings. The van der Waals surface area contributed by atoms with Gasteiger partial charge in [-0.15, -0.1) is 0 Å². The van der Waals surface area contributed by atoms with Crippen molar-refractivity contribution in [3.8, 4) is 0 Å². The second-order valence-electron chi connectivity index (χ2n) is 4.08. The van der Waals surface area contributed by atoms with Gasteiger partial charge in [-0.3, -0.25) is 4.57 Å². The summed E-state index contributed by atoms with van der Waals surface area (Å²) in [6.07, 6.45) is 1.97. The highest BCUT2D eigenvalue weighted by Gasteiger charge is 2.13. The van der Waals surface area contributed by atoms with E-state index in [1.54, 1.807) is 0 Å². The Morgan fingerprint density at radius 3 is 2.73 bits per heavy atom. The molecule has 0 amide bonds. The Labute approximate surface area is 89.1 Å². The van der Waals surface area contributed by atoms with Crippen molar-refractivity contribution in [2.24, 2.45) is 7.05 Å². The number of rotatable bonds is 3. The molecule has 5 heteroatoms. The molecule has 0 aromatic carbocycles. The lowest BCUT2D eigenvalue weighted by Gasteiger charge is -2.02. The Bertz CT molecular complexity index is 465. The van der Waals surface area contributed by atoms with Gasteiger partial charge in [0.15, 0.2) is 0 Å². The van der Waals surface area contributed by atoms with Gasteiger partial charge in [-0.2, -0.15) is 5.10 Å².